The average molecular weight is 459 g/mol. The largest absolute Gasteiger partial charge is 0.381 e. The third-order valence-electron chi connectivity index (χ3n) is 7.14. The van der Waals surface area contributed by atoms with Crippen molar-refractivity contribution in [1.82, 2.24) is 20.5 Å². The molecule has 2 N–H and O–H groups in total. The van der Waals surface area contributed by atoms with Gasteiger partial charge in [-0.05, 0) is 50.2 Å². The molecule has 182 valence electrons. The quantitative estimate of drug-likeness (QED) is 0.725. The first kappa shape index (κ1) is 25.1. The third-order valence-corrected chi connectivity index (χ3v) is 7.14. The first-order valence-electron chi connectivity index (χ1n) is 12.3. The Morgan fingerprint density at radius 2 is 1.97 bits per heavy atom. The van der Waals surface area contributed by atoms with Crippen LogP contribution in [0.3, 0.4) is 0 Å². The van der Waals surface area contributed by atoms with Crippen LogP contribution < -0.4 is 10.6 Å². The van der Waals surface area contributed by atoms with Crippen molar-refractivity contribution in [3.05, 3.63) is 30.1 Å². The Morgan fingerprint density at radius 3 is 2.67 bits per heavy atom. The number of amides is 3. The molecule has 33 heavy (non-hydrogen) atoms. The number of carbonyl (C=O) groups is 3. The number of nitrogens with zero attached hydrogens (tertiary/aromatic N) is 2. The Balaban J connectivity index is 1.75. The summed E-state index contributed by atoms with van der Waals surface area (Å²) in [7, 11) is 0. The Morgan fingerprint density at radius 1 is 1.21 bits per heavy atom. The van der Waals surface area contributed by atoms with E-state index in [1.165, 1.54) is 0 Å². The monoisotopic (exact) mass is 458 g/mol. The summed E-state index contributed by atoms with van der Waals surface area (Å²) in [6.07, 6.45) is 8.45. The van der Waals surface area contributed by atoms with Crippen molar-refractivity contribution >= 4 is 17.7 Å². The van der Waals surface area contributed by atoms with Crippen LogP contribution >= 0.6 is 0 Å². The first-order chi connectivity index (χ1) is 16.0. The molecular formula is C25H38N4O4. The van der Waals surface area contributed by atoms with Gasteiger partial charge in [0.25, 0.3) is 5.91 Å². The zero-order valence-corrected chi connectivity index (χ0v) is 20.0. The second-order valence-electron chi connectivity index (χ2n) is 9.36. The van der Waals surface area contributed by atoms with Gasteiger partial charge in [-0.15, -0.1) is 0 Å². The number of piperidine rings is 1. The number of ether oxygens (including phenoxy) is 1. The molecule has 0 aliphatic carbocycles. The molecule has 0 saturated carbocycles. The van der Waals surface area contributed by atoms with Crippen LogP contribution in [0.25, 0.3) is 0 Å². The van der Waals surface area contributed by atoms with E-state index in [4.69, 9.17) is 4.74 Å². The van der Waals surface area contributed by atoms with E-state index in [1.54, 1.807) is 24.5 Å². The van der Waals surface area contributed by atoms with Crippen molar-refractivity contribution < 1.29 is 19.1 Å². The molecule has 8 nitrogen and oxygen atoms in total. The normalized spacial score (nSPS) is 23.8. The zero-order chi connectivity index (χ0) is 23.7. The molecule has 2 aliphatic rings. The highest BCUT2D eigenvalue weighted by Gasteiger charge is 2.43. The molecule has 2 aliphatic heterocycles. The van der Waals surface area contributed by atoms with Gasteiger partial charge in [-0.1, -0.05) is 26.7 Å². The lowest BCUT2D eigenvalue weighted by molar-refractivity contribution is -0.139. The number of carbonyl (C=O) groups excluding carboxylic acids is 3. The summed E-state index contributed by atoms with van der Waals surface area (Å²) in [5, 5.41) is 6.07. The summed E-state index contributed by atoms with van der Waals surface area (Å²) in [6, 6.07) is 2.97. The van der Waals surface area contributed by atoms with Gasteiger partial charge in [-0.2, -0.15) is 0 Å². The Hall–Kier alpha value is -2.48. The maximum absolute atomic E-state index is 13.6. The number of aromatic nitrogens is 1. The maximum atomic E-state index is 13.6. The van der Waals surface area contributed by atoms with Crippen molar-refractivity contribution in [3.63, 3.8) is 0 Å². The predicted octanol–water partition coefficient (Wildman–Crippen LogP) is 2.54. The third kappa shape index (κ3) is 6.53. The van der Waals surface area contributed by atoms with Crippen molar-refractivity contribution in [3.8, 4) is 0 Å². The van der Waals surface area contributed by atoms with Crippen LogP contribution in [0, 0.1) is 11.3 Å². The lowest BCUT2D eigenvalue weighted by Crippen LogP contribution is -2.57. The molecule has 2 fully saturated rings. The van der Waals surface area contributed by atoms with Gasteiger partial charge >= 0.3 is 0 Å². The van der Waals surface area contributed by atoms with Gasteiger partial charge < -0.3 is 20.3 Å². The van der Waals surface area contributed by atoms with E-state index in [-0.39, 0.29) is 23.6 Å². The summed E-state index contributed by atoms with van der Waals surface area (Å²) < 4.78 is 5.70. The van der Waals surface area contributed by atoms with Crippen LogP contribution in [0.1, 0.15) is 69.2 Å². The number of pyridine rings is 1. The smallest absolute Gasteiger partial charge is 0.255 e. The minimum Gasteiger partial charge on any atom is -0.381 e. The lowest BCUT2D eigenvalue weighted by Gasteiger charge is -2.42. The number of rotatable bonds is 3. The molecule has 1 aromatic rings. The van der Waals surface area contributed by atoms with Gasteiger partial charge in [0, 0.05) is 45.2 Å². The SMILES string of the molecule is CC[C@H](C)[C@@H]1NC(=O)C2(CCCCOCCCNC1=O)CCN(C(=O)c1cccnc1)CC2. The van der Waals surface area contributed by atoms with Gasteiger partial charge in [-0.25, -0.2) is 0 Å². The zero-order valence-electron chi connectivity index (χ0n) is 20.0. The minimum atomic E-state index is -0.582. The van der Waals surface area contributed by atoms with E-state index >= 15 is 0 Å². The van der Waals surface area contributed by atoms with Crippen LogP contribution in [-0.4, -0.2) is 66.5 Å². The number of hydrogen-bond donors (Lipinski definition) is 2. The van der Waals surface area contributed by atoms with E-state index in [1.807, 2.05) is 18.7 Å². The van der Waals surface area contributed by atoms with Crippen LogP contribution in [0.5, 0.6) is 0 Å². The average Bonchev–Trinajstić information content (AvgIpc) is 2.85. The van der Waals surface area contributed by atoms with Crippen molar-refractivity contribution in [2.45, 2.75) is 64.8 Å². The van der Waals surface area contributed by atoms with E-state index in [9.17, 15) is 14.4 Å². The van der Waals surface area contributed by atoms with Crippen LogP contribution in [-0.2, 0) is 14.3 Å². The molecule has 0 aromatic carbocycles. The highest BCUT2D eigenvalue weighted by atomic mass is 16.5. The number of hydrogen-bond acceptors (Lipinski definition) is 5. The summed E-state index contributed by atoms with van der Waals surface area (Å²) in [6.45, 7) is 6.87. The Kier molecular flexibility index (Phi) is 9.23. The van der Waals surface area contributed by atoms with E-state index in [0.717, 1.165) is 32.1 Å². The lowest BCUT2D eigenvalue weighted by atomic mass is 9.73. The maximum Gasteiger partial charge on any atom is 0.255 e. The molecule has 0 radical (unpaired) electrons. The summed E-state index contributed by atoms with van der Waals surface area (Å²) >= 11 is 0. The van der Waals surface area contributed by atoms with Gasteiger partial charge in [0.05, 0.1) is 11.0 Å². The van der Waals surface area contributed by atoms with E-state index in [0.29, 0.717) is 51.3 Å². The molecule has 8 heteroatoms. The van der Waals surface area contributed by atoms with Crippen molar-refractivity contribution in [1.29, 1.82) is 0 Å². The fraction of sp³-hybridized carbons (Fsp3) is 0.680. The number of likely N-dealkylation sites (tertiary alicyclic amines) is 1. The second-order valence-corrected chi connectivity index (χ2v) is 9.36. The molecule has 0 unspecified atom stereocenters. The topological polar surface area (TPSA) is 101 Å². The van der Waals surface area contributed by atoms with E-state index < -0.39 is 11.5 Å². The van der Waals surface area contributed by atoms with Gasteiger partial charge in [0.2, 0.25) is 11.8 Å². The molecule has 2 saturated heterocycles. The summed E-state index contributed by atoms with van der Waals surface area (Å²) in [5.74, 6) is -0.213. The molecule has 0 bridgehead atoms. The molecule has 3 heterocycles. The Bertz CT molecular complexity index is 793. The minimum absolute atomic E-state index is 0.0300. The van der Waals surface area contributed by atoms with Gasteiger partial charge in [0.1, 0.15) is 6.04 Å². The predicted molar refractivity (Wildman–Crippen MR) is 125 cm³/mol. The van der Waals surface area contributed by atoms with Crippen LogP contribution in [0.15, 0.2) is 24.5 Å². The highest BCUT2D eigenvalue weighted by Crippen LogP contribution is 2.38. The summed E-state index contributed by atoms with van der Waals surface area (Å²) in [5.41, 5.74) is -0.0171. The summed E-state index contributed by atoms with van der Waals surface area (Å²) in [4.78, 5) is 45.2. The fourth-order valence-corrected chi connectivity index (χ4v) is 4.66. The van der Waals surface area contributed by atoms with Crippen molar-refractivity contribution in [2.24, 2.45) is 11.3 Å². The second kappa shape index (κ2) is 12.1. The molecule has 1 aromatic heterocycles. The Labute approximate surface area is 196 Å². The molecule has 1 spiro atoms. The van der Waals surface area contributed by atoms with Crippen LogP contribution in [0.4, 0.5) is 0 Å². The highest BCUT2D eigenvalue weighted by molar-refractivity contribution is 5.94. The molecule has 2 atom stereocenters. The van der Waals surface area contributed by atoms with Gasteiger partial charge in [0.15, 0.2) is 0 Å². The molecule has 3 amide bonds. The van der Waals surface area contributed by atoms with Crippen molar-refractivity contribution in [2.75, 3.05) is 32.8 Å². The fourth-order valence-electron chi connectivity index (χ4n) is 4.66. The molecular weight excluding hydrogens is 420 g/mol. The van der Waals surface area contributed by atoms with E-state index in [2.05, 4.69) is 15.6 Å². The molecule has 3 rings (SSSR count). The first-order valence-corrected chi connectivity index (χ1v) is 12.3. The van der Waals surface area contributed by atoms with Gasteiger partial charge in [-0.3, -0.25) is 19.4 Å². The van der Waals surface area contributed by atoms with Crippen LogP contribution in [0.2, 0.25) is 0 Å². The standard InChI is InChI=1S/C25H38N4O4/c1-3-19(2)21-22(30)27-13-7-17-33-16-5-4-9-25(24(32)28-21)10-14-29(15-11-25)23(31)20-8-6-12-26-18-20/h6,8,12,18-19,21H,3-5,7,9-11,13-17H2,1-2H3,(H,27,30)(H,28,32)/t19-,21-/m0/s1. The number of nitrogens with one attached hydrogen (secondary N) is 2.